The van der Waals surface area contributed by atoms with E-state index in [0.717, 1.165) is 51.6 Å². The Kier molecular flexibility index (Phi) is 4.59. The highest BCUT2D eigenvalue weighted by Crippen LogP contribution is 2.12. The minimum atomic E-state index is 0.905. The van der Waals surface area contributed by atoms with Crippen molar-refractivity contribution in [3.63, 3.8) is 0 Å². The molecule has 1 aliphatic rings. The highest BCUT2D eigenvalue weighted by molar-refractivity contribution is 5.12. The lowest BCUT2D eigenvalue weighted by Gasteiger charge is -2.31. The summed E-state index contributed by atoms with van der Waals surface area (Å²) in [5, 5.41) is 3.31. The predicted octanol–water partition coefficient (Wildman–Crippen LogP) is 1.14. The van der Waals surface area contributed by atoms with Gasteiger partial charge in [-0.1, -0.05) is 6.92 Å². The summed E-state index contributed by atoms with van der Waals surface area (Å²) in [6, 6.07) is 2.17. The van der Waals surface area contributed by atoms with E-state index < -0.39 is 0 Å². The summed E-state index contributed by atoms with van der Waals surface area (Å²) in [5.74, 6) is 1.09. The number of rotatable bonds is 5. The highest BCUT2D eigenvalue weighted by atomic mass is 16.3. The molecule has 0 saturated carbocycles. The lowest BCUT2D eigenvalue weighted by molar-refractivity contribution is 0.140. The molecule has 2 rings (SSSR count). The van der Waals surface area contributed by atoms with Crippen LogP contribution in [0.25, 0.3) is 0 Å². The van der Waals surface area contributed by atoms with Crippen LogP contribution < -0.4 is 5.32 Å². The van der Waals surface area contributed by atoms with E-state index in [2.05, 4.69) is 35.2 Å². The smallest absolute Gasteiger partial charge is 0.118 e. The predicted molar refractivity (Wildman–Crippen MR) is 68.9 cm³/mol. The van der Waals surface area contributed by atoms with Crippen LogP contribution in [0.15, 0.2) is 16.7 Å². The first-order valence-electron chi connectivity index (χ1n) is 6.46. The zero-order valence-corrected chi connectivity index (χ0v) is 10.9. The first kappa shape index (κ1) is 12.6. The van der Waals surface area contributed by atoms with Gasteiger partial charge in [-0.2, -0.15) is 0 Å². The minimum Gasteiger partial charge on any atom is -0.468 e. The summed E-state index contributed by atoms with van der Waals surface area (Å²) < 4.78 is 5.60. The van der Waals surface area contributed by atoms with E-state index in [1.807, 2.05) is 6.26 Å². The van der Waals surface area contributed by atoms with Crippen LogP contribution in [0.2, 0.25) is 0 Å². The van der Waals surface area contributed by atoms with Crippen molar-refractivity contribution in [2.75, 3.05) is 39.8 Å². The molecule has 0 atom stereocenters. The maximum absolute atomic E-state index is 5.60. The fourth-order valence-corrected chi connectivity index (χ4v) is 2.10. The third kappa shape index (κ3) is 3.84. The average Bonchev–Trinajstić information content (AvgIpc) is 2.77. The van der Waals surface area contributed by atoms with Crippen molar-refractivity contribution in [2.24, 2.45) is 0 Å². The molecule has 1 N–H and O–H groups in total. The lowest BCUT2D eigenvalue weighted by Crippen LogP contribution is -2.43. The van der Waals surface area contributed by atoms with E-state index >= 15 is 0 Å². The monoisotopic (exact) mass is 237 g/mol. The van der Waals surface area contributed by atoms with Crippen molar-refractivity contribution in [3.05, 3.63) is 23.7 Å². The molecule has 4 nitrogen and oxygen atoms in total. The van der Waals surface area contributed by atoms with Crippen molar-refractivity contribution < 1.29 is 4.42 Å². The molecular weight excluding hydrogens is 214 g/mol. The minimum absolute atomic E-state index is 0.905. The standard InChI is InChI=1S/C13H23N3O/c1-3-14-9-12-8-13(17-11-12)10-16-6-4-15(2)5-7-16/h8,11,14H,3-7,9-10H2,1-2H3. The van der Waals surface area contributed by atoms with Crippen LogP contribution >= 0.6 is 0 Å². The summed E-state index contributed by atoms with van der Waals surface area (Å²) in [6.45, 7) is 9.56. The van der Waals surface area contributed by atoms with Gasteiger partial charge in [-0.15, -0.1) is 0 Å². The Labute approximate surface area is 104 Å². The van der Waals surface area contributed by atoms with Crippen molar-refractivity contribution in [1.82, 2.24) is 15.1 Å². The number of likely N-dealkylation sites (N-methyl/N-ethyl adjacent to an activating group) is 1. The number of hydrogen-bond donors (Lipinski definition) is 1. The van der Waals surface area contributed by atoms with Gasteiger partial charge in [0.15, 0.2) is 0 Å². The molecule has 1 fully saturated rings. The van der Waals surface area contributed by atoms with Crippen molar-refractivity contribution in [2.45, 2.75) is 20.0 Å². The molecule has 0 aliphatic carbocycles. The highest BCUT2D eigenvalue weighted by Gasteiger charge is 2.15. The molecule has 1 aromatic heterocycles. The maximum atomic E-state index is 5.60. The van der Waals surface area contributed by atoms with E-state index in [4.69, 9.17) is 4.42 Å². The van der Waals surface area contributed by atoms with Crippen molar-refractivity contribution >= 4 is 0 Å². The molecule has 17 heavy (non-hydrogen) atoms. The summed E-state index contributed by atoms with van der Waals surface area (Å²) in [7, 11) is 2.18. The largest absolute Gasteiger partial charge is 0.468 e. The molecule has 0 aromatic carbocycles. The summed E-state index contributed by atoms with van der Waals surface area (Å²) >= 11 is 0. The van der Waals surface area contributed by atoms with Gasteiger partial charge in [-0.25, -0.2) is 0 Å². The van der Waals surface area contributed by atoms with Gasteiger partial charge >= 0.3 is 0 Å². The second kappa shape index (κ2) is 6.19. The van der Waals surface area contributed by atoms with Gasteiger partial charge in [-0.3, -0.25) is 4.90 Å². The van der Waals surface area contributed by atoms with E-state index in [0.29, 0.717) is 0 Å². The fourth-order valence-electron chi connectivity index (χ4n) is 2.10. The van der Waals surface area contributed by atoms with Crippen LogP contribution in [0.5, 0.6) is 0 Å². The van der Waals surface area contributed by atoms with Crippen LogP contribution in [0.3, 0.4) is 0 Å². The lowest BCUT2D eigenvalue weighted by atomic mass is 10.2. The molecule has 1 aliphatic heterocycles. The van der Waals surface area contributed by atoms with Gasteiger partial charge in [-0.05, 0) is 19.7 Å². The van der Waals surface area contributed by atoms with Crippen molar-refractivity contribution in [1.29, 1.82) is 0 Å². The van der Waals surface area contributed by atoms with Gasteiger partial charge in [0.1, 0.15) is 5.76 Å². The van der Waals surface area contributed by atoms with Crippen molar-refractivity contribution in [3.8, 4) is 0 Å². The van der Waals surface area contributed by atoms with Crippen LogP contribution in [0, 0.1) is 0 Å². The molecule has 1 aromatic rings. The van der Waals surface area contributed by atoms with E-state index in [9.17, 15) is 0 Å². The number of nitrogens with one attached hydrogen (secondary N) is 1. The van der Waals surface area contributed by atoms with Crippen LogP contribution in [-0.4, -0.2) is 49.6 Å². The molecule has 96 valence electrons. The molecule has 0 unspecified atom stereocenters. The van der Waals surface area contributed by atoms with Gasteiger partial charge < -0.3 is 14.6 Å². The molecule has 0 radical (unpaired) electrons. The van der Waals surface area contributed by atoms with Crippen LogP contribution in [0.1, 0.15) is 18.2 Å². The average molecular weight is 237 g/mol. The maximum Gasteiger partial charge on any atom is 0.118 e. The molecule has 0 amide bonds. The first-order valence-corrected chi connectivity index (χ1v) is 6.46. The van der Waals surface area contributed by atoms with Gasteiger partial charge in [0.05, 0.1) is 12.8 Å². The van der Waals surface area contributed by atoms with Crippen LogP contribution in [-0.2, 0) is 13.1 Å². The molecular formula is C13H23N3O. The normalized spacial score (nSPS) is 18.7. The third-order valence-electron chi connectivity index (χ3n) is 3.26. The fraction of sp³-hybridized carbons (Fsp3) is 0.692. The molecule has 4 heteroatoms. The second-order valence-electron chi connectivity index (χ2n) is 4.78. The summed E-state index contributed by atoms with van der Waals surface area (Å²) in [6.07, 6.45) is 1.87. The van der Waals surface area contributed by atoms with E-state index in [1.54, 1.807) is 0 Å². The Morgan fingerprint density at radius 3 is 2.76 bits per heavy atom. The SMILES string of the molecule is CCNCc1coc(CN2CCN(C)CC2)c1. The molecule has 0 bridgehead atoms. The third-order valence-corrected chi connectivity index (χ3v) is 3.26. The van der Waals surface area contributed by atoms with E-state index in [1.165, 1.54) is 5.56 Å². The van der Waals surface area contributed by atoms with Gasteiger partial charge in [0.2, 0.25) is 0 Å². The Morgan fingerprint density at radius 2 is 2.06 bits per heavy atom. The number of piperazine rings is 1. The van der Waals surface area contributed by atoms with Gasteiger partial charge in [0, 0.05) is 38.3 Å². The van der Waals surface area contributed by atoms with Gasteiger partial charge in [0.25, 0.3) is 0 Å². The molecule has 0 spiro atoms. The Hall–Kier alpha value is -0.840. The summed E-state index contributed by atoms with van der Waals surface area (Å²) in [5.41, 5.74) is 1.25. The van der Waals surface area contributed by atoms with E-state index in [-0.39, 0.29) is 0 Å². The first-order chi connectivity index (χ1) is 8.28. The Morgan fingerprint density at radius 1 is 1.29 bits per heavy atom. The number of hydrogen-bond acceptors (Lipinski definition) is 4. The quantitative estimate of drug-likeness (QED) is 0.832. The second-order valence-corrected chi connectivity index (χ2v) is 4.78. The number of nitrogens with zero attached hydrogens (tertiary/aromatic N) is 2. The zero-order chi connectivity index (χ0) is 12.1. The topological polar surface area (TPSA) is 31.7 Å². The zero-order valence-electron chi connectivity index (χ0n) is 10.9. The number of furan rings is 1. The Balaban J connectivity index is 1.80. The van der Waals surface area contributed by atoms with Crippen LogP contribution in [0.4, 0.5) is 0 Å². The molecule has 2 heterocycles. The Bertz CT molecular complexity index is 329. The molecule has 1 saturated heterocycles. The summed E-state index contributed by atoms with van der Waals surface area (Å²) in [4.78, 5) is 4.82.